The number of rotatable bonds is 7. The van der Waals surface area contributed by atoms with Crippen molar-refractivity contribution in [2.45, 2.75) is 52.0 Å². The summed E-state index contributed by atoms with van der Waals surface area (Å²) in [6, 6.07) is 0. The Labute approximate surface area is 114 Å². The first-order valence-corrected chi connectivity index (χ1v) is 7.34. The maximum Gasteiger partial charge on any atom is 0.138 e. The fourth-order valence-corrected chi connectivity index (χ4v) is 3.24. The Hall–Kier alpha value is -0.940. The summed E-state index contributed by atoms with van der Waals surface area (Å²) in [5.74, 6) is 1.28. The molecule has 1 aromatic heterocycles. The van der Waals surface area contributed by atoms with E-state index in [1.165, 1.54) is 12.8 Å². The van der Waals surface area contributed by atoms with Crippen LogP contribution in [0.2, 0.25) is 0 Å². The van der Waals surface area contributed by atoms with Crippen molar-refractivity contribution in [2.75, 3.05) is 13.2 Å². The third kappa shape index (κ3) is 2.98. The van der Waals surface area contributed by atoms with Crippen molar-refractivity contribution in [1.82, 2.24) is 14.8 Å². The van der Waals surface area contributed by atoms with Gasteiger partial charge in [0.1, 0.15) is 12.2 Å². The number of hydrogen-bond acceptors (Lipinski definition) is 4. The first kappa shape index (κ1) is 14.5. The van der Waals surface area contributed by atoms with E-state index in [1.54, 1.807) is 6.33 Å². The van der Waals surface area contributed by atoms with E-state index in [2.05, 4.69) is 17.0 Å². The minimum Gasteiger partial charge on any atom is -0.396 e. The van der Waals surface area contributed by atoms with Gasteiger partial charge in [-0.25, -0.2) is 4.98 Å². The number of aromatic nitrogens is 3. The average Bonchev–Trinajstić information content (AvgIpc) is 3.09. The van der Waals surface area contributed by atoms with Crippen molar-refractivity contribution in [1.29, 1.82) is 0 Å². The molecular weight excluding hydrogens is 242 g/mol. The predicted molar refractivity (Wildman–Crippen MR) is 72.6 cm³/mol. The molecule has 1 aromatic rings. The van der Waals surface area contributed by atoms with Crippen LogP contribution in [0.25, 0.3) is 0 Å². The van der Waals surface area contributed by atoms with Gasteiger partial charge in [0, 0.05) is 18.4 Å². The maximum atomic E-state index is 9.84. The highest BCUT2D eigenvalue weighted by Crippen LogP contribution is 2.41. The summed E-state index contributed by atoms with van der Waals surface area (Å²) in [5, 5.41) is 23.9. The summed E-state index contributed by atoms with van der Waals surface area (Å²) in [4.78, 5) is 4.32. The number of aliphatic hydroxyl groups excluding tert-OH is 2. The lowest BCUT2D eigenvalue weighted by molar-refractivity contribution is 0.00336. The molecule has 0 atom stereocenters. The van der Waals surface area contributed by atoms with Crippen molar-refractivity contribution in [3.8, 4) is 0 Å². The third-order valence-corrected chi connectivity index (χ3v) is 4.49. The minimum atomic E-state index is -0.435. The zero-order chi connectivity index (χ0) is 13.7. The van der Waals surface area contributed by atoms with E-state index in [1.807, 2.05) is 4.68 Å². The Bertz CT molecular complexity index is 382. The first-order chi connectivity index (χ1) is 9.25. The van der Waals surface area contributed by atoms with Crippen LogP contribution in [0.1, 0.15) is 44.9 Å². The largest absolute Gasteiger partial charge is 0.396 e. The van der Waals surface area contributed by atoms with E-state index in [0.717, 1.165) is 31.6 Å². The molecule has 0 radical (unpaired) electrons. The second-order valence-corrected chi connectivity index (χ2v) is 5.74. The second-order valence-electron chi connectivity index (χ2n) is 5.74. The molecule has 0 bridgehead atoms. The fourth-order valence-electron chi connectivity index (χ4n) is 3.24. The zero-order valence-corrected chi connectivity index (χ0v) is 11.8. The van der Waals surface area contributed by atoms with Gasteiger partial charge in [0.2, 0.25) is 0 Å². The van der Waals surface area contributed by atoms with Crippen molar-refractivity contribution >= 4 is 0 Å². The van der Waals surface area contributed by atoms with Crippen LogP contribution < -0.4 is 0 Å². The van der Waals surface area contributed by atoms with E-state index in [0.29, 0.717) is 12.3 Å². The highest BCUT2D eigenvalue weighted by atomic mass is 16.3. The summed E-state index contributed by atoms with van der Waals surface area (Å²) < 4.78 is 1.90. The SMILES string of the molecule is CCCn1ncnc1CC(CO)(CO)C1CCCC1. The molecule has 5 heteroatoms. The van der Waals surface area contributed by atoms with Crippen LogP contribution in [0.4, 0.5) is 0 Å². The van der Waals surface area contributed by atoms with Gasteiger partial charge in [0.15, 0.2) is 0 Å². The van der Waals surface area contributed by atoms with Crippen LogP contribution in [0.15, 0.2) is 6.33 Å². The van der Waals surface area contributed by atoms with Gasteiger partial charge in [-0.15, -0.1) is 0 Å². The molecule has 0 aromatic carbocycles. The molecule has 2 rings (SSSR count). The van der Waals surface area contributed by atoms with Gasteiger partial charge in [-0.2, -0.15) is 5.10 Å². The lowest BCUT2D eigenvalue weighted by Crippen LogP contribution is -2.40. The van der Waals surface area contributed by atoms with Gasteiger partial charge < -0.3 is 10.2 Å². The Morgan fingerprint density at radius 1 is 1.32 bits per heavy atom. The van der Waals surface area contributed by atoms with Crippen LogP contribution in [0, 0.1) is 11.3 Å². The summed E-state index contributed by atoms with van der Waals surface area (Å²) in [7, 11) is 0. The zero-order valence-electron chi connectivity index (χ0n) is 11.8. The molecular formula is C14H25N3O2. The molecule has 5 nitrogen and oxygen atoms in total. The summed E-state index contributed by atoms with van der Waals surface area (Å²) in [6.07, 6.45) is 7.79. The third-order valence-electron chi connectivity index (χ3n) is 4.49. The number of aryl methyl sites for hydroxylation is 1. The van der Waals surface area contributed by atoms with Crippen LogP contribution in [-0.4, -0.2) is 38.2 Å². The van der Waals surface area contributed by atoms with Gasteiger partial charge in [0.05, 0.1) is 13.2 Å². The molecule has 1 aliphatic carbocycles. The predicted octanol–water partition coefficient (Wildman–Crippen LogP) is 1.39. The minimum absolute atomic E-state index is 0.0210. The van der Waals surface area contributed by atoms with E-state index in [-0.39, 0.29) is 13.2 Å². The number of aliphatic hydroxyl groups is 2. The number of nitrogens with zero attached hydrogens (tertiary/aromatic N) is 3. The van der Waals surface area contributed by atoms with Crippen molar-refractivity contribution < 1.29 is 10.2 Å². The molecule has 1 heterocycles. The average molecular weight is 267 g/mol. The first-order valence-electron chi connectivity index (χ1n) is 7.34. The number of hydrogen-bond donors (Lipinski definition) is 2. The summed E-state index contributed by atoms with van der Waals surface area (Å²) >= 11 is 0. The van der Waals surface area contributed by atoms with Gasteiger partial charge in [-0.1, -0.05) is 19.8 Å². The van der Waals surface area contributed by atoms with E-state index in [9.17, 15) is 10.2 Å². The summed E-state index contributed by atoms with van der Waals surface area (Å²) in [5.41, 5.74) is -0.435. The normalized spacial score (nSPS) is 17.2. The molecule has 0 amide bonds. The summed E-state index contributed by atoms with van der Waals surface area (Å²) in [6.45, 7) is 2.99. The van der Waals surface area contributed by atoms with Gasteiger partial charge in [-0.3, -0.25) is 4.68 Å². The Morgan fingerprint density at radius 3 is 2.58 bits per heavy atom. The second kappa shape index (κ2) is 6.48. The molecule has 108 valence electrons. The molecule has 19 heavy (non-hydrogen) atoms. The van der Waals surface area contributed by atoms with Crippen LogP contribution in [-0.2, 0) is 13.0 Å². The van der Waals surface area contributed by atoms with E-state index < -0.39 is 5.41 Å². The van der Waals surface area contributed by atoms with Crippen LogP contribution in [0.3, 0.4) is 0 Å². The fraction of sp³-hybridized carbons (Fsp3) is 0.857. The molecule has 0 saturated heterocycles. The molecule has 2 N–H and O–H groups in total. The lowest BCUT2D eigenvalue weighted by Gasteiger charge is -2.35. The highest BCUT2D eigenvalue weighted by molar-refractivity contribution is 4.98. The smallest absolute Gasteiger partial charge is 0.138 e. The van der Waals surface area contributed by atoms with E-state index >= 15 is 0 Å². The topological polar surface area (TPSA) is 71.2 Å². The Balaban J connectivity index is 2.17. The van der Waals surface area contributed by atoms with Crippen LogP contribution in [0.5, 0.6) is 0 Å². The van der Waals surface area contributed by atoms with E-state index in [4.69, 9.17) is 0 Å². The van der Waals surface area contributed by atoms with Crippen LogP contribution >= 0.6 is 0 Å². The van der Waals surface area contributed by atoms with Gasteiger partial charge in [-0.05, 0) is 25.2 Å². The van der Waals surface area contributed by atoms with Gasteiger partial charge in [0.25, 0.3) is 0 Å². The molecule has 1 saturated carbocycles. The lowest BCUT2D eigenvalue weighted by atomic mass is 9.73. The Kier molecular flexibility index (Phi) is 4.93. The molecule has 0 aliphatic heterocycles. The monoisotopic (exact) mass is 267 g/mol. The maximum absolute atomic E-state index is 9.84. The Morgan fingerprint density at radius 2 is 2.00 bits per heavy atom. The molecule has 0 unspecified atom stereocenters. The molecule has 0 spiro atoms. The molecule has 1 aliphatic rings. The standard InChI is InChI=1S/C14H25N3O2/c1-2-7-17-13(15-11-16-17)8-14(9-18,10-19)12-5-3-4-6-12/h11-12,18-19H,2-10H2,1H3. The molecule has 1 fully saturated rings. The van der Waals surface area contributed by atoms with Gasteiger partial charge >= 0.3 is 0 Å². The highest BCUT2D eigenvalue weighted by Gasteiger charge is 2.40. The van der Waals surface area contributed by atoms with Crippen molar-refractivity contribution in [3.63, 3.8) is 0 Å². The van der Waals surface area contributed by atoms with Crippen molar-refractivity contribution in [3.05, 3.63) is 12.2 Å². The van der Waals surface area contributed by atoms with Crippen molar-refractivity contribution in [2.24, 2.45) is 11.3 Å². The quantitative estimate of drug-likeness (QED) is 0.783.